The molecule has 9 nitrogen and oxygen atoms in total. The predicted molar refractivity (Wildman–Crippen MR) is 108 cm³/mol. The lowest BCUT2D eigenvalue weighted by Crippen LogP contribution is -2.41. The number of carbonyl (C=O) groups excluding carboxylic acids is 2. The summed E-state index contributed by atoms with van der Waals surface area (Å²) in [6.45, 7) is 2.20. The number of esters is 2. The second-order valence-corrected chi connectivity index (χ2v) is 7.76. The van der Waals surface area contributed by atoms with Crippen molar-refractivity contribution in [3.05, 3.63) is 61.1 Å². The molecule has 0 saturated carbocycles. The number of ether oxygens (including phenoxy) is 2. The molecule has 1 aromatic carbocycles. The fraction of sp³-hybridized carbons (Fsp3) is 0.350. The van der Waals surface area contributed by atoms with Crippen LogP contribution in [0.15, 0.2) is 27.8 Å². The molecule has 0 atom stereocenters. The van der Waals surface area contributed by atoms with E-state index in [2.05, 4.69) is 4.74 Å². The fourth-order valence-corrected chi connectivity index (χ4v) is 2.96. The van der Waals surface area contributed by atoms with Crippen LogP contribution in [0, 0.1) is 17.1 Å². The maximum absolute atomic E-state index is 14.6. The van der Waals surface area contributed by atoms with Crippen molar-refractivity contribution < 1.29 is 32.2 Å². The number of nitriles is 1. The Labute approximate surface area is 189 Å². The third-order valence-corrected chi connectivity index (χ3v) is 4.69. The van der Waals surface area contributed by atoms with Gasteiger partial charge >= 0.3 is 17.6 Å². The van der Waals surface area contributed by atoms with Gasteiger partial charge in [-0.05, 0) is 26.0 Å². The van der Waals surface area contributed by atoms with Gasteiger partial charge in [-0.1, -0.05) is 11.6 Å². The van der Waals surface area contributed by atoms with E-state index in [4.69, 9.17) is 21.6 Å². The van der Waals surface area contributed by atoms with Gasteiger partial charge in [-0.15, -0.1) is 0 Å². The van der Waals surface area contributed by atoms with Crippen molar-refractivity contribution in [1.82, 2.24) is 9.13 Å². The molecular weight excluding hydrogens is 471 g/mol. The average molecular weight is 488 g/mol. The Hall–Kier alpha value is -3.59. The predicted octanol–water partition coefficient (Wildman–Crippen LogP) is 2.44. The molecular formula is C20H17ClF3N3O6. The zero-order valence-electron chi connectivity index (χ0n) is 17.7. The molecule has 0 aliphatic heterocycles. The molecule has 1 aromatic heterocycles. The number of hydrogen-bond acceptors (Lipinski definition) is 7. The van der Waals surface area contributed by atoms with E-state index in [9.17, 15) is 32.3 Å². The maximum atomic E-state index is 14.6. The van der Waals surface area contributed by atoms with Gasteiger partial charge in [0.2, 0.25) is 5.60 Å². The molecule has 0 aliphatic carbocycles. The first-order valence-electron chi connectivity index (χ1n) is 9.10. The smallest absolute Gasteiger partial charge is 0.351 e. The molecule has 0 spiro atoms. The van der Waals surface area contributed by atoms with E-state index in [0.29, 0.717) is 29.7 Å². The summed E-state index contributed by atoms with van der Waals surface area (Å²) in [5.41, 5.74) is -6.66. The van der Waals surface area contributed by atoms with Gasteiger partial charge in [-0.2, -0.15) is 5.26 Å². The van der Waals surface area contributed by atoms with Crippen LogP contribution in [0.25, 0.3) is 5.69 Å². The third kappa shape index (κ3) is 5.25. The minimum absolute atomic E-state index is 0.240. The van der Waals surface area contributed by atoms with Crippen LogP contribution in [0.5, 0.6) is 0 Å². The van der Waals surface area contributed by atoms with Crippen LogP contribution in [0.3, 0.4) is 0 Å². The van der Waals surface area contributed by atoms with Crippen molar-refractivity contribution in [2.24, 2.45) is 7.05 Å². The van der Waals surface area contributed by atoms with Crippen LogP contribution in [0.4, 0.5) is 13.2 Å². The molecule has 33 heavy (non-hydrogen) atoms. The molecule has 13 heteroatoms. The minimum Gasteiger partial charge on any atom is -0.447 e. The summed E-state index contributed by atoms with van der Waals surface area (Å²) >= 11 is 5.90. The Morgan fingerprint density at radius 1 is 1.18 bits per heavy atom. The lowest BCUT2D eigenvalue weighted by molar-refractivity contribution is -0.161. The summed E-state index contributed by atoms with van der Waals surface area (Å²) in [6.07, 6.45) is 0. The number of hydrogen-bond donors (Lipinski definition) is 0. The second-order valence-electron chi connectivity index (χ2n) is 7.35. The van der Waals surface area contributed by atoms with Crippen LogP contribution in [0.1, 0.15) is 36.8 Å². The van der Waals surface area contributed by atoms with Gasteiger partial charge in [0.1, 0.15) is 11.9 Å². The molecule has 0 unspecified atom stereocenters. The first-order valence-corrected chi connectivity index (χ1v) is 9.48. The van der Waals surface area contributed by atoms with E-state index in [0.717, 1.165) is 20.9 Å². The number of halogens is 4. The fourth-order valence-electron chi connectivity index (χ4n) is 2.73. The van der Waals surface area contributed by atoms with Crippen molar-refractivity contribution in [3.63, 3.8) is 0 Å². The number of benzene rings is 1. The summed E-state index contributed by atoms with van der Waals surface area (Å²) in [5.74, 6) is -7.05. The van der Waals surface area contributed by atoms with E-state index in [1.54, 1.807) is 6.07 Å². The standard InChI is InChI=1S/C20H17ClF3N3O6/c1-19(2,17(30)32-6-5-25)33-16(29)10-7-13(12(22)8-11(10)21)27-15(28)9-14(20(3,23)24)26(4)18(27)31/h7-9H,6H2,1-4H3. The Morgan fingerprint density at radius 2 is 1.79 bits per heavy atom. The first-order chi connectivity index (χ1) is 15.1. The number of rotatable bonds is 6. The number of aromatic nitrogens is 2. The third-order valence-electron chi connectivity index (χ3n) is 4.37. The van der Waals surface area contributed by atoms with Crippen molar-refractivity contribution in [1.29, 1.82) is 5.26 Å². The Morgan fingerprint density at radius 3 is 2.33 bits per heavy atom. The van der Waals surface area contributed by atoms with Gasteiger partial charge in [0, 0.05) is 20.0 Å². The molecule has 0 radical (unpaired) electrons. The lowest BCUT2D eigenvalue weighted by atomic mass is 10.1. The quantitative estimate of drug-likeness (QED) is 0.574. The molecule has 1 heterocycles. The van der Waals surface area contributed by atoms with E-state index in [1.807, 2.05) is 0 Å². The van der Waals surface area contributed by atoms with E-state index in [-0.39, 0.29) is 4.57 Å². The van der Waals surface area contributed by atoms with Crippen LogP contribution in [-0.4, -0.2) is 33.3 Å². The van der Waals surface area contributed by atoms with Gasteiger partial charge in [-0.3, -0.25) is 9.36 Å². The normalized spacial score (nSPS) is 11.6. The summed E-state index contributed by atoms with van der Waals surface area (Å²) < 4.78 is 52.3. The minimum atomic E-state index is -3.54. The Kier molecular flexibility index (Phi) is 7.08. The molecule has 0 aliphatic rings. The van der Waals surface area contributed by atoms with Crippen LogP contribution in [-0.2, 0) is 27.2 Å². The zero-order valence-corrected chi connectivity index (χ0v) is 18.5. The van der Waals surface area contributed by atoms with Crippen LogP contribution < -0.4 is 11.2 Å². The number of carbonyl (C=O) groups is 2. The molecule has 0 N–H and O–H groups in total. The molecule has 0 bridgehead atoms. The van der Waals surface area contributed by atoms with Crippen molar-refractivity contribution in [2.45, 2.75) is 32.3 Å². The molecule has 2 aromatic rings. The molecule has 0 saturated heterocycles. The van der Waals surface area contributed by atoms with Gasteiger partial charge in [-0.25, -0.2) is 32.1 Å². The summed E-state index contributed by atoms with van der Waals surface area (Å²) in [4.78, 5) is 49.6. The van der Waals surface area contributed by atoms with E-state index >= 15 is 0 Å². The van der Waals surface area contributed by atoms with E-state index < -0.39 is 69.1 Å². The van der Waals surface area contributed by atoms with Gasteiger partial charge in [0.25, 0.3) is 11.5 Å². The van der Waals surface area contributed by atoms with E-state index in [1.165, 1.54) is 0 Å². The largest absolute Gasteiger partial charge is 0.447 e. The first kappa shape index (κ1) is 25.7. The zero-order chi connectivity index (χ0) is 25.3. The highest BCUT2D eigenvalue weighted by Crippen LogP contribution is 2.27. The van der Waals surface area contributed by atoms with Crippen molar-refractivity contribution in [3.8, 4) is 11.8 Å². The SMILES string of the molecule is Cn1c(C(C)(F)F)cc(=O)n(-c2cc(C(=O)OC(C)(C)C(=O)OCC#N)c(Cl)cc2F)c1=O. The van der Waals surface area contributed by atoms with Crippen LogP contribution >= 0.6 is 11.6 Å². The molecule has 176 valence electrons. The maximum Gasteiger partial charge on any atom is 0.351 e. The topological polar surface area (TPSA) is 120 Å². The molecule has 0 fully saturated rings. The lowest BCUT2D eigenvalue weighted by Gasteiger charge is -2.23. The Balaban J connectivity index is 2.59. The average Bonchev–Trinajstić information content (AvgIpc) is 2.68. The number of alkyl halides is 2. The van der Waals surface area contributed by atoms with Crippen molar-refractivity contribution >= 4 is 23.5 Å². The summed E-state index contributed by atoms with van der Waals surface area (Å²) in [7, 11) is 0.962. The second kappa shape index (κ2) is 9.11. The molecule has 2 rings (SSSR count). The monoisotopic (exact) mass is 487 g/mol. The molecule has 0 amide bonds. The van der Waals surface area contributed by atoms with Gasteiger partial charge in [0.15, 0.2) is 6.61 Å². The van der Waals surface area contributed by atoms with Gasteiger partial charge < -0.3 is 9.47 Å². The Bertz CT molecular complexity index is 1290. The number of nitrogens with zero attached hydrogens (tertiary/aromatic N) is 3. The van der Waals surface area contributed by atoms with Gasteiger partial charge in [0.05, 0.1) is 22.0 Å². The highest BCUT2D eigenvalue weighted by molar-refractivity contribution is 6.33. The van der Waals surface area contributed by atoms with Crippen molar-refractivity contribution in [2.75, 3.05) is 6.61 Å². The summed E-state index contributed by atoms with van der Waals surface area (Å²) in [6, 6.07) is 3.35. The highest BCUT2D eigenvalue weighted by atomic mass is 35.5. The highest BCUT2D eigenvalue weighted by Gasteiger charge is 2.35. The van der Waals surface area contributed by atoms with Crippen LogP contribution in [0.2, 0.25) is 5.02 Å². The summed E-state index contributed by atoms with van der Waals surface area (Å²) in [5, 5.41) is 8.00.